The molecule has 0 aromatic carbocycles. The molecular weight excluding hydrogens is 206 g/mol. The van der Waals surface area contributed by atoms with E-state index in [0.29, 0.717) is 5.82 Å². The number of amides is 1. The van der Waals surface area contributed by atoms with E-state index in [-0.39, 0.29) is 12.3 Å². The van der Waals surface area contributed by atoms with Crippen molar-refractivity contribution in [2.45, 2.75) is 6.42 Å². The van der Waals surface area contributed by atoms with Crippen LogP contribution in [0.15, 0.2) is 30.7 Å². The molecule has 2 heterocycles. The fourth-order valence-corrected chi connectivity index (χ4v) is 1.28. The lowest BCUT2D eigenvalue weighted by molar-refractivity contribution is -0.115. The summed E-state index contributed by atoms with van der Waals surface area (Å²) in [4.78, 5) is 16.9. The maximum absolute atomic E-state index is 11.6. The first kappa shape index (κ1) is 10.3. The minimum absolute atomic E-state index is 0.131. The summed E-state index contributed by atoms with van der Waals surface area (Å²) in [6.45, 7) is 0. The average Bonchev–Trinajstić information content (AvgIpc) is 2.65. The van der Waals surface area contributed by atoms with Crippen molar-refractivity contribution in [2.24, 2.45) is 7.05 Å². The Bertz CT molecular complexity index is 479. The molecule has 0 spiro atoms. The maximum atomic E-state index is 11.6. The number of anilines is 1. The summed E-state index contributed by atoms with van der Waals surface area (Å²) in [5, 5.41) is 10.5. The van der Waals surface area contributed by atoms with Gasteiger partial charge in [-0.05, 0) is 11.6 Å². The highest BCUT2D eigenvalue weighted by Gasteiger charge is 2.05. The normalized spacial score (nSPS) is 10.1. The molecule has 0 unspecified atom stereocenters. The number of rotatable bonds is 3. The number of carbonyl (C=O) groups is 1. The van der Waals surface area contributed by atoms with Crippen LogP contribution >= 0.6 is 0 Å². The van der Waals surface area contributed by atoms with E-state index in [9.17, 15) is 4.79 Å². The number of pyridine rings is 1. The lowest BCUT2D eigenvalue weighted by atomic mass is 10.2. The van der Waals surface area contributed by atoms with Crippen molar-refractivity contribution in [1.29, 1.82) is 0 Å². The third-order valence-corrected chi connectivity index (χ3v) is 1.95. The van der Waals surface area contributed by atoms with Crippen LogP contribution in [-0.2, 0) is 18.3 Å². The second-order valence-electron chi connectivity index (χ2n) is 3.31. The Kier molecular flexibility index (Phi) is 2.90. The van der Waals surface area contributed by atoms with Gasteiger partial charge in [0, 0.05) is 19.4 Å². The Balaban J connectivity index is 1.95. The lowest BCUT2D eigenvalue weighted by Gasteiger charge is -2.00. The van der Waals surface area contributed by atoms with Crippen LogP contribution in [0.1, 0.15) is 5.56 Å². The van der Waals surface area contributed by atoms with Gasteiger partial charge in [-0.25, -0.2) is 0 Å². The third-order valence-electron chi connectivity index (χ3n) is 1.95. The summed E-state index contributed by atoms with van der Waals surface area (Å²) in [5.74, 6) is 0.324. The SMILES string of the molecule is Cn1ncc(NC(=O)Cc2cccnc2)n1. The predicted octanol–water partition coefficient (Wildman–Crippen LogP) is 0.391. The Labute approximate surface area is 92.3 Å². The minimum Gasteiger partial charge on any atom is -0.308 e. The summed E-state index contributed by atoms with van der Waals surface area (Å²) < 4.78 is 0. The van der Waals surface area contributed by atoms with Gasteiger partial charge in [0.25, 0.3) is 0 Å². The highest BCUT2D eigenvalue weighted by atomic mass is 16.1. The zero-order valence-corrected chi connectivity index (χ0v) is 8.79. The quantitative estimate of drug-likeness (QED) is 0.807. The monoisotopic (exact) mass is 217 g/mol. The Morgan fingerprint density at radius 1 is 1.50 bits per heavy atom. The van der Waals surface area contributed by atoms with Crippen LogP contribution in [0.3, 0.4) is 0 Å². The van der Waals surface area contributed by atoms with Gasteiger partial charge in [0.2, 0.25) is 5.91 Å². The summed E-state index contributed by atoms with van der Waals surface area (Å²) in [6.07, 6.45) is 5.12. The summed E-state index contributed by atoms with van der Waals surface area (Å²) in [6, 6.07) is 3.65. The molecule has 0 saturated heterocycles. The van der Waals surface area contributed by atoms with Crippen molar-refractivity contribution < 1.29 is 4.79 Å². The standard InChI is InChI=1S/C10H11N5O/c1-15-12-7-9(14-15)13-10(16)5-8-3-2-4-11-6-8/h2-4,6-7H,5H2,1H3,(H,13,14,16). The lowest BCUT2D eigenvalue weighted by Crippen LogP contribution is -2.15. The number of aryl methyl sites for hydroxylation is 1. The average molecular weight is 217 g/mol. The summed E-state index contributed by atoms with van der Waals surface area (Å²) in [5.41, 5.74) is 0.865. The number of hydrogen-bond acceptors (Lipinski definition) is 4. The second-order valence-corrected chi connectivity index (χ2v) is 3.31. The fraction of sp³-hybridized carbons (Fsp3) is 0.200. The molecule has 1 amide bonds. The number of hydrogen-bond donors (Lipinski definition) is 1. The van der Waals surface area contributed by atoms with E-state index in [4.69, 9.17) is 0 Å². The molecule has 2 rings (SSSR count). The molecule has 0 fully saturated rings. The van der Waals surface area contributed by atoms with E-state index in [0.717, 1.165) is 5.56 Å². The highest BCUT2D eigenvalue weighted by Crippen LogP contribution is 2.01. The number of carbonyl (C=O) groups excluding carboxylic acids is 1. The molecule has 1 N–H and O–H groups in total. The molecule has 0 aliphatic rings. The number of nitrogens with one attached hydrogen (secondary N) is 1. The second kappa shape index (κ2) is 4.52. The van der Waals surface area contributed by atoms with Crippen molar-refractivity contribution in [3.8, 4) is 0 Å². The zero-order valence-electron chi connectivity index (χ0n) is 8.79. The Morgan fingerprint density at radius 3 is 3.00 bits per heavy atom. The molecule has 6 nitrogen and oxygen atoms in total. The fourth-order valence-electron chi connectivity index (χ4n) is 1.28. The van der Waals surface area contributed by atoms with E-state index in [1.807, 2.05) is 6.07 Å². The van der Waals surface area contributed by atoms with E-state index < -0.39 is 0 Å². The van der Waals surface area contributed by atoms with Gasteiger partial charge in [0.05, 0.1) is 12.6 Å². The highest BCUT2D eigenvalue weighted by molar-refractivity contribution is 5.91. The van der Waals surface area contributed by atoms with E-state index in [1.54, 1.807) is 25.5 Å². The van der Waals surface area contributed by atoms with E-state index in [1.165, 1.54) is 11.0 Å². The van der Waals surface area contributed by atoms with Gasteiger partial charge in [0.1, 0.15) is 0 Å². The Hall–Kier alpha value is -2.24. The predicted molar refractivity (Wildman–Crippen MR) is 57.6 cm³/mol. The van der Waals surface area contributed by atoms with Gasteiger partial charge >= 0.3 is 0 Å². The van der Waals surface area contributed by atoms with Crippen LogP contribution in [0.2, 0.25) is 0 Å². The van der Waals surface area contributed by atoms with Crippen LogP contribution in [0.5, 0.6) is 0 Å². The van der Waals surface area contributed by atoms with Crippen molar-refractivity contribution in [2.75, 3.05) is 5.32 Å². The summed E-state index contributed by atoms with van der Waals surface area (Å²) >= 11 is 0. The number of aromatic nitrogens is 4. The molecule has 82 valence electrons. The maximum Gasteiger partial charge on any atom is 0.230 e. The van der Waals surface area contributed by atoms with Gasteiger partial charge in [-0.15, -0.1) is 5.10 Å². The molecule has 2 aromatic heterocycles. The first-order valence-electron chi connectivity index (χ1n) is 4.79. The molecule has 0 saturated carbocycles. The largest absolute Gasteiger partial charge is 0.308 e. The first-order valence-corrected chi connectivity index (χ1v) is 4.79. The molecule has 6 heteroatoms. The minimum atomic E-state index is -0.131. The van der Waals surface area contributed by atoms with E-state index in [2.05, 4.69) is 20.5 Å². The van der Waals surface area contributed by atoms with E-state index >= 15 is 0 Å². The van der Waals surface area contributed by atoms with Crippen LogP contribution < -0.4 is 5.32 Å². The summed E-state index contributed by atoms with van der Waals surface area (Å²) in [7, 11) is 1.69. The molecule has 16 heavy (non-hydrogen) atoms. The molecule has 0 aliphatic heterocycles. The van der Waals surface area contributed by atoms with Gasteiger partial charge in [-0.2, -0.15) is 9.90 Å². The van der Waals surface area contributed by atoms with Crippen molar-refractivity contribution >= 4 is 11.7 Å². The van der Waals surface area contributed by atoms with Gasteiger partial charge in [-0.1, -0.05) is 6.07 Å². The van der Waals surface area contributed by atoms with Gasteiger partial charge in [0.15, 0.2) is 5.82 Å². The van der Waals surface area contributed by atoms with Crippen LogP contribution in [0, 0.1) is 0 Å². The van der Waals surface area contributed by atoms with Crippen LogP contribution in [0.4, 0.5) is 5.82 Å². The van der Waals surface area contributed by atoms with Crippen LogP contribution in [0.25, 0.3) is 0 Å². The zero-order chi connectivity index (χ0) is 11.4. The van der Waals surface area contributed by atoms with Gasteiger partial charge in [-0.3, -0.25) is 9.78 Å². The van der Waals surface area contributed by atoms with Crippen LogP contribution in [-0.4, -0.2) is 25.9 Å². The number of nitrogens with zero attached hydrogens (tertiary/aromatic N) is 4. The molecule has 0 atom stereocenters. The molecular formula is C10H11N5O. The Morgan fingerprint density at radius 2 is 2.38 bits per heavy atom. The molecule has 0 aliphatic carbocycles. The first-order chi connectivity index (χ1) is 7.74. The van der Waals surface area contributed by atoms with Crippen molar-refractivity contribution in [3.05, 3.63) is 36.3 Å². The molecule has 2 aromatic rings. The third kappa shape index (κ3) is 2.63. The van der Waals surface area contributed by atoms with Gasteiger partial charge < -0.3 is 5.32 Å². The van der Waals surface area contributed by atoms with Crippen molar-refractivity contribution in [3.63, 3.8) is 0 Å². The smallest absolute Gasteiger partial charge is 0.230 e. The topological polar surface area (TPSA) is 72.7 Å². The molecule has 0 bridgehead atoms. The van der Waals surface area contributed by atoms with Crippen molar-refractivity contribution in [1.82, 2.24) is 20.0 Å². The molecule has 0 radical (unpaired) electrons.